The van der Waals surface area contributed by atoms with Crippen molar-refractivity contribution < 1.29 is 19.4 Å². The zero-order valence-electron chi connectivity index (χ0n) is 12.0. The van der Waals surface area contributed by atoms with Crippen molar-refractivity contribution in [3.8, 4) is 11.5 Å². The second kappa shape index (κ2) is 8.29. The Morgan fingerprint density at radius 2 is 1.41 bits per heavy atom. The van der Waals surface area contributed by atoms with Crippen LogP contribution in [0.1, 0.15) is 12.0 Å². The Bertz CT molecular complexity index is 593. The predicted molar refractivity (Wildman–Crippen MR) is 84.8 cm³/mol. The fourth-order valence-electron chi connectivity index (χ4n) is 1.85. The van der Waals surface area contributed by atoms with Crippen LogP contribution in [0.4, 0.5) is 0 Å². The topological polar surface area (TPSA) is 55.8 Å². The Kier molecular flexibility index (Phi) is 6.10. The number of aliphatic carboxylic acids is 1. The van der Waals surface area contributed by atoms with Crippen LogP contribution in [-0.4, -0.2) is 24.3 Å². The number of benzene rings is 2. The maximum atomic E-state index is 10.5. The summed E-state index contributed by atoms with van der Waals surface area (Å²) < 4.78 is 11.1. The second-order valence-corrected chi connectivity index (χ2v) is 5.12. The first-order valence-corrected chi connectivity index (χ1v) is 7.33. The maximum Gasteiger partial charge on any atom is 0.303 e. The molecule has 22 heavy (non-hydrogen) atoms. The molecule has 0 saturated heterocycles. The van der Waals surface area contributed by atoms with Gasteiger partial charge in [-0.25, -0.2) is 0 Å². The van der Waals surface area contributed by atoms with Gasteiger partial charge in [-0.2, -0.15) is 0 Å². The van der Waals surface area contributed by atoms with E-state index in [0.29, 0.717) is 24.7 Å². The molecule has 2 aromatic rings. The highest BCUT2D eigenvalue weighted by molar-refractivity contribution is 6.30. The van der Waals surface area contributed by atoms with Crippen LogP contribution in [0, 0.1) is 0 Å². The molecule has 0 fully saturated rings. The lowest BCUT2D eigenvalue weighted by Crippen LogP contribution is -2.08. The molecular formula is C17H17ClO4. The van der Waals surface area contributed by atoms with E-state index in [9.17, 15) is 4.79 Å². The highest BCUT2D eigenvalue weighted by Crippen LogP contribution is 2.16. The molecule has 1 N–H and O–H groups in total. The van der Waals surface area contributed by atoms with Crippen LogP contribution in [-0.2, 0) is 11.2 Å². The molecule has 0 unspecified atom stereocenters. The molecule has 0 amide bonds. The van der Waals surface area contributed by atoms with E-state index in [1.807, 2.05) is 24.3 Å². The molecule has 0 spiro atoms. The van der Waals surface area contributed by atoms with Crippen molar-refractivity contribution in [3.05, 3.63) is 59.1 Å². The van der Waals surface area contributed by atoms with Gasteiger partial charge in [-0.05, 0) is 48.4 Å². The molecule has 0 heterocycles. The summed E-state index contributed by atoms with van der Waals surface area (Å²) in [5.74, 6) is 0.690. The van der Waals surface area contributed by atoms with Gasteiger partial charge in [0.2, 0.25) is 0 Å². The minimum Gasteiger partial charge on any atom is -0.490 e. The Morgan fingerprint density at radius 1 is 0.909 bits per heavy atom. The monoisotopic (exact) mass is 320 g/mol. The van der Waals surface area contributed by atoms with Crippen LogP contribution in [0.2, 0.25) is 5.02 Å². The van der Waals surface area contributed by atoms with Gasteiger partial charge >= 0.3 is 5.97 Å². The summed E-state index contributed by atoms with van der Waals surface area (Å²) in [4.78, 5) is 10.5. The Hall–Kier alpha value is -2.20. The average molecular weight is 321 g/mol. The van der Waals surface area contributed by atoms with E-state index in [1.54, 1.807) is 24.3 Å². The third kappa shape index (κ3) is 5.66. The van der Waals surface area contributed by atoms with Gasteiger partial charge < -0.3 is 14.6 Å². The number of hydrogen-bond donors (Lipinski definition) is 1. The molecule has 4 nitrogen and oxygen atoms in total. The van der Waals surface area contributed by atoms with Crippen LogP contribution in [0.5, 0.6) is 11.5 Å². The third-order valence-electron chi connectivity index (χ3n) is 2.99. The number of halogens is 1. The lowest BCUT2D eigenvalue weighted by Gasteiger charge is -2.09. The number of carboxylic acids is 1. The Labute approximate surface area is 134 Å². The molecule has 2 rings (SSSR count). The van der Waals surface area contributed by atoms with E-state index in [0.717, 1.165) is 17.1 Å². The zero-order chi connectivity index (χ0) is 15.8. The molecule has 116 valence electrons. The normalized spacial score (nSPS) is 10.2. The number of hydrogen-bond acceptors (Lipinski definition) is 3. The molecule has 0 bridgehead atoms. The van der Waals surface area contributed by atoms with Crippen LogP contribution in [0.3, 0.4) is 0 Å². The molecule has 0 radical (unpaired) electrons. The number of rotatable bonds is 8. The molecule has 0 aromatic heterocycles. The first-order chi connectivity index (χ1) is 10.6. The summed E-state index contributed by atoms with van der Waals surface area (Å²) in [5.41, 5.74) is 0.979. The first kappa shape index (κ1) is 16.2. The minimum absolute atomic E-state index is 0.134. The largest absolute Gasteiger partial charge is 0.490 e. The molecule has 0 atom stereocenters. The fraction of sp³-hybridized carbons (Fsp3) is 0.235. The van der Waals surface area contributed by atoms with E-state index in [1.165, 1.54) is 0 Å². The first-order valence-electron chi connectivity index (χ1n) is 6.95. The van der Waals surface area contributed by atoms with Gasteiger partial charge in [0.1, 0.15) is 24.7 Å². The van der Waals surface area contributed by atoms with E-state index in [2.05, 4.69) is 0 Å². The highest BCUT2D eigenvalue weighted by Gasteiger charge is 2.00. The maximum absolute atomic E-state index is 10.5. The summed E-state index contributed by atoms with van der Waals surface area (Å²) in [6, 6.07) is 14.6. The van der Waals surface area contributed by atoms with Crippen molar-refractivity contribution in [2.45, 2.75) is 12.8 Å². The van der Waals surface area contributed by atoms with Crippen molar-refractivity contribution in [1.29, 1.82) is 0 Å². The smallest absolute Gasteiger partial charge is 0.303 e. The lowest BCUT2D eigenvalue weighted by atomic mass is 10.1. The van der Waals surface area contributed by atoms with E-state index in [4.69, 9.17) is 26.2 Å². The van der Waals surface area contributed by atoms with Gasteiger partial charge in [0, 0.05) is 11.4 Å². The van der Waals surface area contributed by atoms with E-state index in [-0.39, 0.29) is 6.42 Å². The van der Waals surface area contributed by atoms with Gasteiger partial charge in [-0.1, -0.05) is 23.7 Å². The molecule has 0 aliphatic rings. The summed E-state index contributed by atoms with van der Waals surface area (Å²) in [7, 11) is 0. The Balaban J connectivity index is 1.70. The van der Waals surface area contributed by atoms with Crippen LogP contribution >= 0.6 is 11.6 Å². The number of carbonyl (C=O) groups is 1. The molecule has 0 aliphatic carbocycles. The lowest BCUT2D eigenvalue weighted by molar-refractivity contribution is -0.136. The fourth-order valence-corrected chi connectivity index (χ4v) is 1.98. The standard InChI is InChI=1S/C17H17ClO4/c18-14-4-8-16(9-5-14)22-12-11-21-15-6-1-13(2-7-15)3-10-17(19)20/h1-2,4-9H,3,10-12H2,(H,19,20). The van der Waals surface area contributed by atoms with E-state index >= 15 is 0 Å². The van der Waals surface area contributed by atoms with Gasteiger partial charge in [0.05, 0.1) is 0 Å². The minimum atomic E-state index is -0.792. The van der Waals surface area contributed by atoms with Crippen molar-refractivity contribution in [1.82, 2.24) is 0 Å². The molecule has 0 saturated carbocycles. The summed E-state index contributed by atoms with van der Waals surface area (Å²) in [6.45, 7) is 0.861. The summed E-state index contributed by atoms with van der Waals surface area (Å²) in [6.07, 6.45) is 0.657. The van der Waals surface area contributed by atoms with Crippen molar-refractivity contribution >= 4 is 17.6 Å². The molecular weight excluding hydrogens is 304 g/mol. The highest BCUT2D eigenvalue weighted by atomic mass is 35.5. The van der Waals surface area contributed by atoms with Crippen molar-refractivity contribution in [2.75, 3.05) is 13.2 Å². The van der Waals surface area contributed by atoms with Crippen LogP contribution in [0.25, 0.3) is 0 Å². The second-order valence-electron chi connectivity index (χ2n) is 4.69. The van der Waals surface area contributed by atoms with Crippen LogP contribution < -0.4 is 9.47 Å². The molecule has 5 heteroatoms. The quantitative estimate of drug-likeness (QED) is 0.751. The van der Waals surface area contributed by atoms with Crippen LogP contribution in [0.15, 0.2) is 48.5 Å². The van der Waals surface area contributed by atoms with Crippen molar-refractivity contribution in [2.24, 2.45) is 0 Å². The molecule has 0 aliphatic heterocycles. The van der Waals surface area contributed by atoms with Gasteiger partial charge in [0.15, 0.2) is 0 Å². The molecule has 2 aromatic carbocycles. The summed E-state index contributed by atoms with van der Waals surface area (Å²) >= 11 is 5.79. The van der Waals surface area contributed by atoms with E-state index < -0.39 is 5.97 Å². The third-order valence-corrected chi connectivity index (χ3v) is 3.24. The number of aryl methyl sites for hydroxylation is 1. The Morgan fingerprint density at radius 3 is 1.91 bits per heavy atom. The predicted octanol–water partition coefficient (Wildman–Crippen LogP) is 3.82. The van der Waals surface area contributed by atoms with Gasteiger partial charge in [-0.15, -0.1) is 0 Å². The SMILES string of the molecule is O=C(O)CCc1ccc(OCCOc2ccc(Cl)cc2)cc1. The van der Waals surface area contributed by atoms with Gasteiger partial charge in [0.25, 0.3) is 0 Å². The average Bonchev–Trinajstić information content (AvgIpc) is 2.52. The van der Waals surface area contributed by atoms with Gasteiger partial charge in [-0.3, -0.25) is 4.79 Å². The van der Waals surface area contributed by atoms with Crippen molar-refractivity contribution in [3.63, 3.8) is 0 Å². The summed E-state index contributed by atoms with van der Waals surface area (Å²) in [5, 5.41) is 9.31. The zero-order valence-corrected chi connectivity index (χ0v) is 12.8. The number of ether oxygens (including phenoxy) is 2. The number of carboxylic acid groups (broad SMARTS) is 1.